The number of nitrogens with zero attached hydrogens (tertiary/aromatic N) is 3. The van der Waals surface area contributed by atoms with Gasteiger partial charge in [-0.2, -0.15) is 4.98 Å². The van der Waals surface area contributed by atoms with Crippen molar-refractivity contribution < 1.29 is 19.1 Å². The maximum absolute atomic E-state index is 12.6. The topological polar surface area (TPSA) is 110 Å². The average Bonchev–Trinajstić information content (AvgIpc) is 3.18. The number of halogens is 1. The summed E-state index contributed by atoms with van der Waals surface area (Å²) in [4.78, 5) is 32.2. The maximum Gasteiger partial charge on any atom is 0.275 e. The summed E-state index contributed by atoms with van der Waals surface area (Å²) in [6.45, 7) is 4.07. The number of benzene rings is 1. The highest BCUT2D eigenvalue weighted by molar-refractivity contribution is 7.11. The number of para-hydroxylation sites is 2. The molecular weight excluding hydrogens is 430 g/mol. The van der Waals surface area contributed by atoms with Gasteiger partial charge in [0.1, 0.15) is 12.3 Å². The third kappa shape index (κ3) is 6.56. The number of carbonyl (C=O) groups excluding carboxylic acids is 2. The van der Waals surface area contributed by atoms with Gasteiger partial charge >= 0.3 is 0 Å². The lowest BCUT2D eigenvalue weighted by atomic mass is 10.2. The Balaban J connectivity index is 0.00000320. The molecule has 1 aromatic heterocycles. The number of primary amides is 1. The first-order chi connectivity index (χ1) is 14.1. The molecule has 9 nitrogen and oxygen atoms in total. The highest BCUT2D eigenvalue weighted by Gasteiger charge is 2.21. The Bertz CT molecular complexity index is 842. The summed E-state index contributed by atoms with van der Waals surface area (Å²) in [5, 5.41) is 5.05. The number of nitrogens with one attached hydrogen (secondary N) is 1. The van der Waals surface area contributed by atoms with E-state index in [-0.39, 0.29) is 30.8 Å². The van der Waals surface area contributed by atoms with Gasteiger partial charge in [-0.1, -0.05) is 23.5 Å². The van der Waals surface area contributed by atoms with Crippen molar-refractivity contribution in [2.45, 2.75) is 0 Å². The molecule has 1 fully saturated rings. The van der Waals surface area contributed by atoms with E-state index in [2.05, 4.69) is 15.2 Å². The van der Waals surface area contributed by atoms with E-state index in [4.69, 9.17) is 15.2 Å². The zero-order chi connectivity index (χ0) is 20.6. The highest BCUT2D eigenvalue weighted by Crippen LogP contribution is 2.27. The molecule has 2 aromatic rings. The SMILES string of the molecule is COCCOc1nc(C(=O)Nc2ccccc2N2CCN(CC(N)=O)CC2)cs1.Cl. The molecule has 0 saturated carbocycles. The molecule has 0 radical (unpaired) electrons. The van der Waals surface area contributed by atoms with Crippen molar-refractivity contribution in [1.82, 2.24) is 9.88 Å². The molecule has 3 rings (SSSR count). The third-order valence-corrected chi connectivity index (χ3v) is 5.23. The number of methoxy groups -OCH3 is 1. The zero-order valence-electron chi connectivity index (χ0n) is 16.7. The van der Waals surface area contributed by atoms with Crippen LogP contribution in [0, 0.1) is 0 Å². The molecule has 0 bridgehead atoms. The van der Waals surface area contributed by atoms with Crippen molar-refractivity contribution >= 4 is 46.9 Å². The lowest BCUT2D eigenvalue weighted by Crippen LogP contribution is -2.49. The number of thiazole rings is 1. The third-order valence-electron chi connectivity index (χ3n) is 4.47. The van der Waals surface area contributed by atoms with Crippen LogP contribution in [0.1, 0.15) is 10.5 Å². The number of piperazine rings is 1. The van der Waals surface area contributed by atoms with E-state index < -0.39 is 0 Å². The predicted molar refractivity (Wildman–Crippen MR) is 119 cm³/mol. The smallest absolute Gasteiger partial charge is 0.275 e. The van der Waals surface area contributed by atoms with Crippen LogP contribution in [0.25, 0.3) is 0 Å². The molecule has 0 atom stereocenters. The molecule has 0 spiro atoms. The number of ether oxygens (including phenoxy) is 2. The minimum absolute atomic E-state index is 0. The van der Waals surface area contributed by atoms with E-state index in [0.717, 1.165) is 37.6 Å². The summed E-state index contributed by atoms with van der Waals surface area (Å²) in [6.07, 6.45) is 0. The molecule has 1 aliphatic heterocycles. The van der Waals surface area contributed by atoms with E-state index in [0.29, 0.717) is 24.1 Å². The van der Waals surface area contributed by atoms with Crippen molar-refractivity contribution in [2.24, 2.45) is 5.73 Å². The van der Waals surface area contributed by atoms with Gasteiger partial charge < -0.3 is 25.4 Å². The van der Waals surface area contributed by atoms with Gasteiger partial charge in [0, 0.05) is 38.7 Å². The van der Waals surface area contributed by atoms with Crippen molar-refractivity contribution in [3.63, 3.8) is 0 Å². The number of nitrogens with two attached hydrogens (primary N) is 1. The van der Waals surface area contributed by atoms with Crippen LogP contribution in [0.3, 0.4) is 0 Å². The first-order valence-corrected chi connectivity index (χ1v) is 10.2. The normalized spacial score (nSPS) is 14.1. The first kappa shape index (κ1) is 23.9. The Labute approximate surface area is 185 Å². The molecule has 1 aliphatic rings. The van der Waals surface area contributed by atoms with Gasteiger partial charge in [0.15, 0.2) is 0 Å². The van der Waals surface area contributed by atoms with Gasteiger partial charge in [0.2, 0.25) is 5.91 Å². The average molecular weight is 456 g/mol. The highest BCUT2D eigenvalue weighted by atomic mass is 35.5. The summed E-state index contributed by atoms with van der Waals surface area (Å²) in [5.41, 5.74) is 7.24. The predicted octanol–water partition coefficient (Wildman–Crippen LogP) is 1.45. The second-order valence-corrected chi connectivity index (χ2v) is 7.36. The van der Waals surface area contributed by atoms with Crippen molar-refractivity contribution in [2.75, 3.05) is 63.3 Å². The van der Waals surface area contributed by atoms with Gasteiger partial charge in [-0.15, -0.1) is 12.4 Å². The number of hydrogen-bond donors (Lipinski definition) is 2. The second kappa shape index (κ2) is 11.7. The fourth-order valence-corrected chi connectivity index (χ4v) is 3.72. The number of hydrogen-bond acceptors (Lipinski definition) is 8. The first-order valence-electron chi connectivity index (χ1n) is 9.30. The lowest BCUT2D eigenvalue weighted by molar-refractivity contribution is -0.119. The van der Waals surface area contributed by atoms with E-state index >= 15 is 0 Å². The van der Waals surface area contributed by atoms with Crippen LogP contribution < -0.4 is 20.7 Å². The van der Waals surface area contributed by atoms with Crippen molar-refractivity contribution in [3.8, 4) is 5.19 Å². The van der Waals surface area contributed by atoms with Gasteiger partial charge in [-0.05, 0) is 12.1 Å². The van der Waals surface area contributed by atoms with Gasteiger partial charge in [-0.3, -0.25) is 14.5 Å². The largest absolute Gasteiger partial charge is 0.468 e. The quantitative estimate of drug-likeness (QED) is 0.550. The fraction of sp³-hybridized carbons (Fsp3) is 0.421. The van der Waals surface area contributed by atoms with Crippen LogP contribution in [-0.2, 0) is 9.53 Å². The summed E-state index contributed by atoms with van der Waals surface area (Å²) in [7, 11) is 1.60. The van der Waals surface area contributed by atoms with Crippen LogP contribution in [0.15, 0.2) is 29.6 Å². The Morgan fingerprint density at radius 3 is 2.63 bits per heavy atom. The van der Waals surface area contributed by atoms with Crippen LogP contribution in [0.4, 0.5) is 11.4 Å². The Hall–Kier alpha value is -2.40. The number of anilines is 2. The lowest BCUT2D eigenvalue weighted by Gasteiger charge is -2.36. The number of aromatic nitrogens is 1. The zero-order valence-corrected chi connectivity index (χ0v) is 18.3. The van der Waals surface area contributed by atoms with Crippen LogP contribution in [-0.4, -0.2) is 74.7 Å². The minimum atomic E-state index is -0.319. The molecule has 0 aliphatic carbocycles. The molecular formula is C19H26ClN5O4S. The summed E-state index contributed by atoms with van der Waals surface area (Å²) in [6, 6.07) is 7.65. The van der Waals surface area contributed by atoms with Crippen LogP contribution in [0.2, 0.25) is 0 Å². The second-order valence-electron chi connectivity index (χ2n) is 6.54. The van der Waals surface area contributed by atoms with Crippen LogP contribution >= 0.6 is 23.7 Å². The van der Waals surface area contributed by atoms with E-state index in [9.17, 15) is 9.59 Å². The fourth-order valence-electron chi connectivity index (χ4n) is 3.05. The minimum Gasteiger partial charge on any atom is -0.468 e. The Kier molecular flexibility index (Phi) is 9.31. The summed E-state index contributed by atoms with van der Waals surface area (Å²) >= 11 is 1.27. The number of amides is 2. The molecule has 2 heterocycles. The standard InChI is InChI=1S/C19H25N5O4S.ClH/c1-27-10-11-28-19-22-15(13-29-19)18(26)21-14-4-2-3-5-16(14)24-8-6-23(7-9-24)12-17(20)25;/h2-5,13H,6-12H2,1H3,(H2,20,25)(H,21,26);1H. The molecule has 2 amide bonds. The molecule has 3 N–H and O–H groups in total. The molecule has 11 heteroatoms. The van der Waals surface area contributed by atoms with Crippen LogP contribution in [0.5, 0.6) is 5.19 Å². The maximum atomic E-state index is 12.6. The monoisotopic (exact) mass is 455 g/mol. The molecule has 1 saturated heterocycles. The summed E-state index contributed by atoms with van der Waals surface area (Å²) < 4.78 is 10.4. The summed E-state index contributed by atoms with van der Waals surface area (Å²) in [5.74, 6) is -0.609. The van der Waals surface area contributed by atoms with Crippen molar-refractivity contribution in [1.29, 1.82) is 0 Å². The van der Waals surface area contributed by atoms with Gasteiger partial charge in [0.05, 0.1) is 24.5 Å². The molecule has 0 unspecified atom stereocenters. The molecule has 30 heavy (non-hydrogen) atoms. The van der Waals surface area contributed by atoms with Crippen molar-refractivity contribution in [3.05, 3.63) is 35.3 Å². The van der Waals surface area contributed by atoms with E-state index in [1.807, 2.05) is 29.2 Å². The Morgan fingerprint density at radius 2 is 1.93 bits per heavy atom. The molecule has 164 valence electrons. The molecule has 1 aromatic carbocycles. The van der Waals surface area contributed by atoms with E-state index in [1.165, 1.54) is 11.3 Å². The van der Waals surface area contributed by atoms with Gasteiger partial charge in [-0.25, -0.2) is 0 Å². The van der Waals surface area contributed by atoms with E-state index in [1.54, 1.807) is 12.5 Å². The van der Waals surface area contributed by atoms with Gasteiger partial charge in [0.25, 0.3) is 11.1 Å². The number of carbonyl (C=O) groups is 2. The Morgan fingerprint density at radius 1 is 1.20 bits per heavy atom. The number of rotatable bonds is 9.